The van der Waals surface area contributed by atoms with Gasteiger partial charge in [0.2, 0.25) is 5.91 Å². The fourth-order valence-corrected chi connectivity index (χ4v) is 1.99. The summed E-state index contributed by atoms with van der Waals surface area (Å²) >= 11 is 0. The Hall–Kier alpha value is -2.56. The Labute approximate surface area is 135 Å². The van der Waals surface area contributed by atoms with E-state index in [0.717, 1.165) is 17.1 Å². The minimum absolute atomic E-state index is 0.0485. The van der Waals surface area contributed by atoms with Gasteiger partial charge in [-0.3, -0.25) is 4.79 Å². The zero-order valence-electron chi connectivity index (χ0n) is 13.0. The molecule has 1 N–H and O–H groups in total. The number of benzene rings is 2. The number of nitrogens with one attached hydrogen (secondary N) is 1. The highest BCUT2D eigenvalue weighted by Crippen LogP contribution is 2.17. The van der Waals surface area contributed by atoms with E-state index in [2.05, 4.69) is 5.32 Å². The molecule has 4 nitrogen and oxygen atoms in total. The van der Waals surface area contributed by atoms with E-state index in [4.69, 9.17) is 9.47 Å². The Kier molecular flexibility index (Phi) is 6.41. The van der Waals surface area contributed by atoms with Crippen LogP contribution in [0.25, 0.3) is 0 Å². The van der Waals surface area contributed by atoms with Crippen molar-refractivity contribution in [2.75, 3.05) is 13.7 Å². The fourth-order valence-electron chi connectivity index (χ4n) is 1.99. The van der Waals surface area contributed by atoms with E-state index in [1.807, 2.05) is 24.3 Å². The molecule has 122 valence electrons. The largest absolute Gasteiger partial charge is 0.497 e. The van der Waals surface area contributed by atoms with Gasteiger partial charge in [0.1, 0.15) is 17.3 Å². The van der Waals surface area contributed by atoms with Crippen LogP contribution in [0.1, 0.15) is 18.4 Å². The molecule has 0 aliphatic heterocycles. The fraction of sp³-hybridized carbons (Fsp3) is 0.278. The Morgan fingerprint density at radius 2 is 1.70 bits per heavy atom. The molecule has 0 saturated carbocycles. The molecule has 5 heteroatoms. The first kappa shape index (κ1) is 16.8. The average molecular weight is 317 g/mol. The summed E-state index contributed by atoms with van der Waals surface area (Å²) in [5.74, 6) is 1.19. The minimum atomic E-state index is -0.282. The maximum absolute atomic E-state index is 12.8. The van der Waals surface area contributed by atoms with Crippen LogP contribution in [0.5, 0.6) is 11.5 Å². The third-order valence-electron chi connectivity index (χ3n) is 3.28. The van der Waals surface area contributed by atoms with Crippen molar-refractivity contribution >= 4 is 5.91 Å². The number of carbonyl (C=O) groups is 1. The van der Waals surface area contributed by atoms with E-state index in [9.17, 15) is 9.18 Å². The lowest BCUT2D eigenvalue weighted by atomic mass is 10.2. The molecule has 0 saturated heterocycles. The summed E-state index contributed by atoms with van der Waals surface area (Å²) in [6.45, 7) is 0.870. The van der Waals surface area contributed by atoms with Crippen molar-refractivity contribution in [1.82, 2.24) is 5.32 Å². The second kappa shape index (κ2) is 8.78. The van der Waals surface area contributed by atoms with Crippen LogP contribution in [-0.2, 0) is 11.3 Å². The summed E-state index contributed by atoms with van der Waals surface area (Å²) in [6, 6.07) is 13.4. The Balaban J connectivity index is 1.61. The summed E-state index contributed by atoms with van der Waals surface area (Å²) in [6.07, 6.45) is 1.01. The second-order valence-corrected chi connectivity index (χ2v) is 5.03. The molecule has 0 heterocycles. The van der Waals surface area contributed by atoms with Gasteiger partial charge in [-0.2, -0.15) is 0 Å². The molecule has 0 bridgehead atoms. The minimum Gasteiger partial charge on any atom is -0.497 e. The first-order valence-corrected chi connectivity index (χ1v) is 7.45. The van der Waals surface area contributed by atoms with Crippen molar-refractivity contribution in [2.24, 2.45) is 0 Å². The van der Waals surface area contributed by atoms with Gasteiger partial charge < -0.3 is 14.8 Å². The smallest absolute Gasteiger partial charge is 0.220 e. The number of carbonyl (C=O) groups excluding carboxylic acids is 1. The van der Waals surface area contributed by atoms with Gasteiger partial charge in [0.05, 0.1) is 13.7 Å². The molecule has 0 spiro atoms. The predicted octanol–water partition coefficient (Wildman–Crippen LogP) is 3.31. The molecule has 1 amide bonds. The first-order valence-electron chi connectivity index (χ1n) is 7.45. The SMILES string of the molecule is COc1ccc(OCCCC(=O)NCc2ccc(F)cc2)cc1. The standard InChI is InChI=1S/C18H20FNO3/c1-22-16-8-10-17(11-9-16)23-12-2-3-18(21)20-13-14-4-6-15(19)7-5-14/h4-11H,2-3,12-13H2,1H3,(H,20,21). The molecule has 2 aromatic carbocycles. The van der Waals surface area contributed by atoms with E-state index in [0.29, 0.717) is 26.0 Å². The van der Waals surface area contributed by atoms with Crippen LogP contribution in [0, 0.1) is 5.82 Å². The number of rotatable bonds is 8. The Morgan fingerprint density at radius 3 is 2.35 bits per heavy atom. The van der Waals surface area contributed by atoms with E-state index in [1.54, 1.807) is 19.2 Å². The quantitative estimate of drug-likeness (QED) is 0.760. The van der Waals surface area contributed by atoms with Crippen molar-refractivity contribution in [3.63, 3.8) is 0 Å². The second-order valence-electron chi connectivity index (χ2n) is 5.03. The summed E-state index contributed by atoms with van der Waals surface area (Å²) in [5, 5.41) is 2.80. The van der Waals surface area contributed by atoms with Gasteiger partial charge in [-0.1, -0.05) is 12.1 Å². The van der Waals surface area contributed by atoms with Crippen LogP contribution < -0.4 is 14.8 Å². The van der Waals surface area contributed by atoms with E-state index in [1.165, 1.54) is 12.1 Å². The van der Waals surface area contributed by atoms with Crippen LogP contribution in [0.15, 0.2) is 48.5 Å². The molecule has 2 aromatic rings. The average Bonchev–Trinajstić information content (AvgIpc) is 2.59. The van der Waals surface area contributed by atoms with Gasteiger partial charge in [0, 0.05) is 13.0 Å². The number of hydrogen-bond acceptors (Lipinski definition) is 3. The summed E-state index contributed by atoms with van der Waals surface area (Å²) < 4.78 is 23.4. The van der Waals surface area contributed by atoms with Crippen LogP contribution in [0.2, 0.25) is 0 Å². The third kappa shape index (κ3) is 5.98. The monoisotopic (exact) mass is 317 g/mol. The van der Waals surface area contributed by atoms with Gasteiger partial charge in [-0.05, 0) is 48.4 Å². The lowest BCUT2D eigenvalue weighted by Crippen LogP contribution is -2.22. The van der Waals surface area contributed by atoms with Crippen LogP contribution in [0.4, 0.5) is 4.39 Å². The molecule has 23 heavy (non-hydrogen) atoms. The summed E-state index contributed by atoms with van der Waals surface area (Å²) in [4.78, 5) is 11.7. The molecule has 0 radical (unpaired) electrons. The molecule has 2 rings (SSSR count). The number of hydrogen-bond donors (Lipinski definition) is 1. The molecule has 0 atom stereocenters. The highest BCUT2D eigenvalue weighted by Gasteiger charge is 2.02. The normalized spacial score (nSPS) is 10.2. The number of ether oxygens (including phenoxy) is 2. The topological polar surface area (TPSA) is 47.6 Å². The van der Waals surface area contributed by atoms with Gasteiger partial charge in [0.25, 0.3) is 0 Å². The molecule has 0 aromatic heterocycles. The third-order valence-corrected chi connectivity index (χ3v) is 3.28. The van der Waals surface area contributed by atoms with Crippen molar-refractivity contribution in [1.29, 1.82) is 0 Å². The number of methoxy groups -OCH3 is 1. The summed E-state index contributed by atoms with van der Waals surface area (Å²) in [5.41, 5.74) is 0.870. The zero-order chi connectivity index (χ0) is 16.5. The van der Waals surface area contributed by atoms with Crippen LogP contribution in [-0.4, -0.2) is 19.6 Å². The maximum atomic E-state index is 12.8. The Morgan fingerprint density at radius 1 is 1.04 bits per heavy atom. The van der Waals surface area contributed by atoms with E-state index in [-0.39, 0.29) is 11.7 Å². The Bertz CT molecular complexity index is 611. The molecule has 0 unspecified atom stereocenters. The van der Waals surface area contributed by atoms with Gasteiger partial charge >= 0.3 is 0 Å². The highest BCUT2D eigenvalue weighted by molar-refractivity contribution is 5.75. The molecule has 0 aliphatic rings. The van der Waals surface area contributed by atoms with Gasteiger partial charge in [-0.15, -0.1) is 0 Å². The highest BCUT2D eigenvalue weighted by atomic mass is 19.1. The first-order chi connectivity index (χ1) is 11.2. The predicted molar refractivity (Wildman–Crippen MR) is 86.0 cm³/mol. The van der Waals surface area contributed by atoms with Crippen molar-refractivity contribution in [3.8, 4) is 11.5 Å². The number of halogens is 1. The lowest BCUT2D eigenvalue weighted by molar-refractivity contribution is -0.121. The summed E-state index contributed by atoms with van der Waals surface area (Å²) in [7, 11) is 1.61. The van der Waals surface area contributed by atoms with E-state index >= 15 is 0 Å². The van der Waals surface area contributed by atoms with Crippen molar-refractivity contribution in [2.45, 2.75) is 19.4 Å². The van der Waals surface area contributed by atoms with Gasteiger partial charge in [0.15, 0.2) is 0 Å². The molecule has 0 fully saturated rings. The maximum Gasteiger partial charge on any atom is 0.220 e. The van der Waals surface area contributed by atoms with Gasteiger partial charge in [-0.25, -0.2) is 4.39 Å². The van der Waals surface area contributed by atoms with E-state index < -0.39 is 0 Å². The van der Waals surface area contributed by atoms with Crippen LogP contribution >= 0.6 is 0 Å². The van der Waals surface area contributed by atoms with Crippen LogP contribution in [0.3, 0.4) is 0 Å². The lowest BCUT2D eigenvalue weighted by Gasteiger charge is -2.08. The molecule has 0 aliphatic carbocycles. The number of amides is 1. The van der Waals surface area contributed by atoms with Crippen molar-refractivity contribution < 1.29 is 18.7 Å². The zero-order valence-corrected chi connectivity index (χ0v) is 13.0. The van der Waals surface area contributed by atoms with Crippen molar-refractivity contribution in [3.05, 3.63) is 59.9 Å². The molecular formula is C18H20FNO3. The molecular weight excluding hydrogens is 297 g/mol.